The van der Waals surface area contributed by atoms with Crippen molar-refractivity contribution >= 4 is 28.9 Å². The number of hydrogen-bond donors (Lipinski definition) is 0. The molecule has 0 spiro atoms. The third-order valence-corrected chi connectivity index (χ3v) is 4.04. The second kappa shape index (κ2) is 4.23. The van der Waals surface area contributed by atoms with Crippen LogP contribution in [0.25, 0.3) is 0 Å². The molecule has 0 atom stereocenters. The van der Waals surface area contributed by atoms with Gasteiger partial charge in [0.15, 0.2) is 22.8 Å². The highest BCUT2D eigenvalue weighted by Crippen LogP contribution is 2.53. The predicted octanol–water partition coefficient (Wildman–Crippen LogP) is 0.678. The smallest absolute Gasteiger partial charge is 0.164 e. The van der Waals surface area contributed by atoms with Crippen molar-refractivity contribution in [2.75, 3.05) is 0 Å². The maximum atomic E-state index is 12.1. The minimum Gasteiger partial charge on any atom is -0.299 e. The van der Waals surface area contributed by atoms with E-state index in [1.807, 2.05) is 0 Å². The van der Waals surface area contributed by atoms with Crippen LogP contribution in [0.1, 0.15) is 40.5 Å². The zero-order valence-electron chi connectivity index (χ0n) is 11.0. The molecule has 1 rings (SSSR count). The van der Waals surface area contributed by atoms with Crippen LogP contribution in [0.3, 0.4) is 0 Å². The van der Waals surface area contributed by atoms with Crippen molar-refractivity contribution in [1.82, 2.24) is 0 Å². The number of carbonyl (C=O) groups is 5. The molecule has 0 aromatic heterocycles. The Morgan fingerprint density at radius 1 is 0.833 bits per heavy atom. The minimum absolute atomic E-state index is 0.0599. The lowest BCUT2D eigenvalue weighted by molar-refractivity contribution is -0.163. The quantitative estimate of drug-likeness (QED) is 0.687. The van der Waals surface area contributed by atoms with E-state index in [0.29, 0.717) is 0 Å². The molecular weight excluding hydrogens is 236 g/mol. The Labute approximate surface area is 105 Å². The highest BCUT2D eigenvalue weighted by atomic mass is 16.2. The lowest BCUT2D eigenvalue weighted by Crippen LogP contribution is -2.58. The Kier molecular flexibility index (Phi) is 3.38. The van der Waals surface area contributed by atoms with E-state index >= 15 is 0 Å². The van der Waals surface area contributed by atoms with E-state index in [9.17, 15) is 24.0 Å². The van der Waals surface area contributed by atoms with Gasteiger partial charge in [-0.3, -0.25) is 24.0 Å². The number of ketones is 5. The molecule has 0 unspecified atom stereocenters. The summed E-state index contributed by atoms with van der Waals surface area (Å²) in [6.07, 6.45) is -0.159. The molecule has 0 amide bonds. The first-order valence-corrected chi connectivity index (χ1v) is 5.73. The SMILES string of the molecule is CC(=O)C1(C(C)=O)CCC(=O)C1(C(C)=O)C(C)=O. The summed E-state index contributed by atoms with van der Waals surface area (Å²) in [6, 6.07) is 0. The van der Waals surface area contributed by atoms with Gasteiger partial charge in [-0.25, -0.2) is 0 Å². The van der Waals surface area contributed by atoms with Crippen LogP contribution in [0.15, 0.2) is 0 Å². The fraction of sp³-hybridized carbons (Fsp3) is 0.615. The maximum absolute atomic E-state index is 12.1. The highest BCUT2D eigenvalue weighted by molar-refractivity contribution is 6.32. The molecule has 0 heterocycles. The van der Waals surface area contributed by atoms with Crippen molar-refractivity contribution in [2.45, 2.75) is 40.5 Å². The molecule has 18 heavy (non-hydrogen) atoms. The second-order valence-electron chi connectivity index (χ2n) is 4.80. The summed E-state index contributed by atoms with van der Waals surface area (Å²) in [5.74, 6) is -3.24. The second-order valence-corrected chi connectivity index (χ2v) is 4.80. The van der Waals surface area contributed by atoms with E-state index in [2.05, 4.69) is 0 Å². The average molecular weight is 252 g/mol. The van der Waals surface area contributed by atoms with Crippen molar-refractivity contribution in [3.63, 3.8) is 0 Å². The lowest BCUT2D eigenvalue weighted by atomic mass is 9.57. The third-order valence-electron chi connectivity index (χ3n) is 4.04. The molecule has 0 bridgehead atoms. The van der Waals surface area contributed by atoms with Gasteiger partial charge in [0.2, 0.25) is 0 Å². The summed E-state index contributed by atoms with van der Waals surface area (Å²) < 4.78 is 0. The Balaban J connectivity index is 3.76. The lowest BCUT2D eigenvalue weighted by Gasteiger charge is -2.37. The van der Waals surface area contributed by atoms with Crippen LogP contribution in [-0.4, -0.2) is 28.9 Å². The molecule has 1 fully saturated rings. The van der Waals surface area contributed by atoms with E-state index in [1.54, 1.807) is 0 Å². The molecule has 1 aliphatic rings. The van der Waals surface area contributed by atoms with Gasteiger partial charge in [-0.1, -0.05) is 0 Å². The predicted molar refractivity (Wildman–Crippen MR) is 61.8 cm³/mol. The summed E-state index contributed by atoms with van der Waals surface area (Å²) in [5, 5.41) is 0. The summed E-state index contributed by atoms with van der Waals surface area (Å²) in [7, 11) is 0. The third kappa shape index (κ3) is 1.36. The first-order valence-electron chi connectivity index (χ1n) is 5.73. The van der Waals surface area contributed by atoms with E-state index in [4.69, 9.17) is 0 Å². The summed E-state index contributed by atoms with van der Waals surface area (Å²) in [4.78, 5) is 59.7. The Morgan fingerprint density at radius 2 is 1.22 bits per heavy atom. The molecule has 98 valence electrons. The number of Topliss-reactive ketones (excluding diaryl/α,β-unsaturated/α-hetero) is 5. The first-order chi connectivity index (χ1) is 8.15. The van der Waals surface area contributed by atoms with Gasteiger partial charge in [0.05, 0.1) is 0 Å². The van der Waals surface area contributed by atoms with Crippen LogP contribution >= 0.6 is 0 Å². The van der Waals surface area contributed by atoms with Gasteiger partial charge >= 0.3 is 0 Å². The van der Waals surface area contributed by atoms with Crippen LogP contribution in [0.2, 0.25) is 0 Å². The molecule has 5 heteroatoms. The Morgan fingerprint density at radius 3 is 1.44 bits per heavy atom. The first kappa shape index (κ1) is 14.4. The molecule has 0 radical (unpaired) electrons. The summed E-state index contributed by atoms with van der Waals surface area (Å²) in [5.41, 5.74) is -3.91. The van der Waals surface area contributed by atoms with E-state index in [-0.39, 0.29) is 12.8 Å². The number of rotatable bonds is 4. The average Bonchev–Trinajstić information content (AvgIpc) is 2.53. The molecule has 1 saturated carbocycles. The molecular formula is C13H16O5. The molecule has 5 nitrogen and oxygen atoms in total. The van der Waals surface area contributed by atoms with E-state index < -0.39 is 39.7 Å². The molecule has 0 N–H and O–H groups in total. The Bertz CT molecular complexity index is 444. The van der Waals surface area contributed by atoms with Crippen LogP contribution in [0.4, 0.5) is 0 Å². The van der Waals surface area contributed by atoms with Crippen molar-refractivity contribution in [3.8, 4) is 0 Å². The van der Waals surface area contributed by atoms with Gasteiger partial charge in [-0.2, -0.15) is 0 Å². The fourth-order valence-electron chi connectivity index (χ4n) is 3.28. The van der Waals surface area contributed by atoms with Crippen LogP contribution in [-0.2, 0) is 24.0 Å². The van der Waals surface area contributed by atoms with Gasteiger partial charge in [0.1, 0.15) is 17.0 Å². The standard InChI is InChI=1S/C13H16O5/c1-7(14)12(8(2)15)6-5-11(18)13(12,9(3)16)10(4)17/h5-6H2,1-4H3. The highest BCUT2D eigenvalue weighted by Gasteiger charge is 2.70. The topological polar surface area (TPSA) is 85.3 Å². The summed E-state index contributed by atoms with van der Waals surface area (Å²) >= 11 is 0. The largest absolute Gasteiger partial charge is 0.299 e. The Hall–Kier alpha value is -1.65. The number of hydrogen-bond acceptors (Lipinski definition) is 5. The van der Waals surface area contributed by atoms with Crippen LogP contribution in [0, 0.1) is 10.8 Å². The van der Waals surface area contributed by atoms with Crippen molar-refractivity contribution in [1.29, 1.82) is 0 Å². The van der Waals surface area contributed by atoms with Gasteiger partial charge < -0.3 is 0 Å². The monoisotopic (exact) mass is 252 g/mol. The zero-order valence-corrected chi connectivity index (χ0v) is 11.0. The number of carbonyl (C=O) groups excluding carboxylic acids is 5. The van der Waals surface area contributed by atoms with Gasteiger partial charge in [-0.15, -0.1) is 0 Å². The maximum Gasteiger partial charge on any atom is 0.164 e. The van der Waals surface area contributed by atoms with Crippen molar-refractivity contribution < 1.29 is 24.0 Å². The van der Waals surface area contributed by atoms with Gasteiger partial charge in [0.25, 0.3) is 0 Å². The molecule has 0 aromatic carbocycles. The zero-order chi connectivity index (χ0) is 14.3. The van der Waals surface area contributed by atoms with E-state index in [1.165, 1.54) is 0 Å². The van der Waals surface area contributed by atoms with Crippen LogP contribution < -0.4 is 0 Å². The summed E-state index contributed by atoms with van der Waals surface area (Å²) in [6.45, 7) is 4.48. The minimum atomic E-state index is -2.11. The van der Waals surface area contributed by atoms with Gasteiger partial charge in [-0.05, 0) is 34.1 Å². The van der Waals surface area contributed by atoms with Crippen LogP contribution in [0.5, 0.6) is 0 Å². The molecule has 0 saturated heterocycles. The van der Waals surface area contributed by atoms with Crippen molar-refractivity contribution in [3.05, 3.63) is 0 Å². The molecule has 1 aliphatic carbocycles. The van der Waals surface area contributed by atoms with Gasteiger partial charge in [0, 0.05) is 6.42 Å². The van der Waals surface area contributed by atoms with Crippen molar-refractivity contribution in [2.24, 2.45) is 10.8 Å². The van der Waals surface area contributed by atoms with E-state index in [0.717, 1.165) is 27.7 Å². The molecule has 0 aromatic rings. The fourth-order valence-corrected chi connectivity index (χ4v) is 3.28. The normalized spacial score (nSPS) is 20.6. The molecule has 0 aliphatic heterocycles.